The Morgan fingerprint density at radius 2 is 2.10 bits per heavy atom. The van der Waals surface area contributed by atoms with Gasteiger partial charge in [0, 0.05) is 24.0 Å². The minimum atomic E-state index is -0.128. The summed E-state index contributed by atoms with van der Waals surface area (Å²) in [6, 6.07) is 5.58. The maximum Gasteiger partial charge on any atom is 0.314 e. The lowest BCUT2D eigenvalue weighted by Gasteiger charge is -2.06. The van der Waals surface area contributed by atoms with E-state index in [0.717, 1.165) is 35.1 Å². The van der Waals surface area contributed by atoms with Crippen molar-refractivity contribution in [3.05, 3.63) is 30.0 Å². The summed E-state index contributed by atoms with van der Waals surface area (Å²) in [5.74, 6) is 0.800. The van der Waals surface area contributed by atoms with Crippen LogP contribution < -0.4 is 15.4 Å². The Bertz CT molecular complexity index is 578. The Hall–Kier alpha value is -2.17. The summed E-state index contributed by atoms with van der Waals surface area (Å²) in [5.41, 5.74) is 1.89. The molecule has 0 saturated heterocycles. The molecule has 0 spiro atoms. The molecule has 20 heavy (non-hydrogen) atoms. The third-order valence-electron chi connectivity index (χ3n) is 3.08. The summed E-state index contributed by atoms with van der Waals surface area (Å²) in [5, 5.41) is 6.63. The molecule has 5 nitrogen and oxygen atoms in total. The number of benzene rings is 1. The molecule has 1 aromatic heterocycles. The molecule has 0 bridgehead atoms. The standard InChI is InChI=1S/C15H20N2O3/c1-3-7-16-15(18)17-8-6-11-10-20-14-5-4-12(19-2)9-13(11)14/h4-5,9-10H,3,6-8H2,1-2H3,(H2,16,17,18). The molecule has 2 aromatic rings. The Morgan fingerprint density at radius 1 is 1.30 bits per heavy atom. The molecule has 0 fully saturated rings. The molecule has 2 rings (SSSR count). The quantitative estimate of drug-likeness (QED) is 0.852. The lowest BCUT2D eigenvalue weighted by Crippen LogP contribution is -2.36. The number of carbonyl (C=O) groups excluding carboxylic acids is 1. The maximum absolute atomic E-state index is 11.4. The van der Waals surface area contributed by atoms with Crippen LogP contribution in [0.25, 0.3) is 11.0 Å². The smallest absolute Gasteiger partial charge is 0.314 e. The molecule has 0 aliphatic heterocycles. The van der Waals surface area contributed by atoms with E-state index in [-0.39, 0.29) is 6.03 Å². The highest BCUT2D eigenvalue weighted by atomic mass is 16.5. The van der Waals surface area contributed by atoms with E-state index < -0.39 is 0 Å². The number of amides is 2. The summed E-state index contributed by atoms with van der Waals surface area (Å²) in [4.78, 5) is 11.4. The number of carbonyl (C=O) groups is 1. The minimum absolute atomic E-state index is 0.128. The predicted octanol–water partition coefficient (Wildman–Crippen LogP) is 2.69. The van der Waals surface area contributed by atoms with Crippen molar-refractivity contribution in [2.75, 3.05) is 20.2 Å². The van der Waals surface area contributed by atoms with E-state index in [1.807, 2.05) is 25.1 Å². The van der Waals surface area contributed by atoms with Crippen molar-refractivity contribution in [1.82, 2.24) is 10.6 Å². The first kappa shape index (κ1) is 14.2. The normalized spacial score (nSPS) is 10.5. The van der Waals surface area contributed by atoms with Gasteiger partial charge in [0.2, 0.25) is 0 Å². The van der Waals surface area contributed by atoms with Gasteiger partial charge in [0.1, 0.15) is 11.3 Å². The zero-order chi connectivity index (χ0) is 14.4. The monoisotopic (exact) mass is 276 g/mol. The highest BCUT2D eigenvalue weighted by molar-refractivity contribution is 5.82. The van der Waals surface area contributed by atoms with Gasteiger partial charge in [-0.1, -0.05) is 6.92 Å². The summed E-state index contributed by atoms with van der Waals surface area (Å²) >= 11 is 0. The first-order chi connectivity index (χ1) is 9.74. The van der Waals surface area contributed by atoms with Gasteiger partial charge in [0.15, 0.2) is 0 Å². The summed E-state index contributed by atoms with van der Waals surface area (Å²) < 4.78 is 10.7. The fraction of sp³-hybridized carbons (Fsp3) is 0.400. The summed E-state index contributed by atoms with van der Waals surface area (Å²) in [7, 11) is 1.64. The van der Waals surface area contributed by atoms with Crippen LogP contribution in [0.4, 0.5) is 4.79 Å². The van der Waals surface area contributed by atoms with Crippen LogP contribution >= 0.6 is 0 Å². The van der Waals surface area contributed by atoms with Crippen molar-refractivity contribution in [2.24, 2.45) is 0 Å². The molecule has 0 saturated carbocycles. The maximum atomic E-state index is 11.4. The SMILES string of the molecule is CCCNC(=O)NCCc1coc2ccc(OC)cc12. The molecule has 0 atom stereocenters. The van der Waals surface area contributed by atoms with E-state index in [0.29, 0.717) is 13.1 Å². The molecule has 2 amide bonds. The molecule has 1 heterocycles. The molecule has 0 aliphatic carbocycles. The first-order valence-corrected chi connectivity index (χ1v) is 6.80. The molecule has 1 aromatic carbocycles. The topological polar surface area (TPSA) is 63.5 Å². The van der Waals surface area contributed by atoms with Gasteiger partial charge in [-0.2, -0.15) is 0 Å². The van der Waals surface area contributed by atoms with Gasteiger partial charge in [-0.15, -0.1) is 0 Å². The summed E-state index contributed by atoms with van der Waals surface area (Å²) in [6.45, 7) is 3.28. The second-order valence-electron chi connectivity index (χ2n) is 4.56. The fourth-order valence-electron chi connectivity index (χ4n) is 1.99. The van der Waals surface area contributed by atoms with E-state index >= 15 is 0 Å². The average Bonchev–Trinajstić information content (AvgIpc) is 2.87. The predicted molar refractivity (Wildman–Crippen MR) is 78.2 cm³/mol. The van der Waals surface area contributed by atoms with Crippen LogP contribution in [0.2, 0.25) is 0 Å². The van der Waals surface area contributed by atoms with Crippen molar-refractivity contribution in [1.29, 1.82) is 0 Å². The van der Waals surface area contributed by atoms with E-state index in [1.165, 1.54) is 0 Å². The molecule has 108 valence electrons. The van der Waals surface area contributed by atoms with Crippen LogP contribution in [0.3, 0.4) is 0 Å². The number of furan rings is 1. The van der Waals surface area contributed by atoms with Crippen LogP contribution in [-0.4, -0.2) is 26.2 Å². The van der Waals surface area contributed by atoms with E-state index in [1.54, 1.807) is 13.4 Å². The van der Waals surface area contributed by atoms with Crippen LogP contribution in [0.15, 0.2) is 28.9 Å². The number of nitrogens with one attached hydrogen (secondary N) is 2. The van der Waals surface area contributed by atoms with Gasteiger partial charge < -0.3 is 19.8 Å². The molecular weight excluding hydrogens is 256 g/mol. The average molecular weight is 276 g/mol. The van der Waals surface area contributed by atoms with Crippen LogP contribution in [-0.2, 0) is 6.42 Å². The molecular formula is C15H20N2O3. The zero-order valence-corrected chi connectivity index (χ0v) is 11.9. The van der Waals surface area contributed by atoms with Crippen molar-refractivity contribution in [3.8, 4) is 5.75 Å². The molecule has 0 unspecified atom stereocenters. The number of ether oxygens (including phenoxy) is 1. The summed E-state index contributed by atoms with van der Waals surface area (Å²) in [6.07, 6.45) is 3.38. The largest absolute Gasteiger partial charge is 0.497 e. The molecule has 0 aliphatic rings. The third-order valence-corrected chi connectivity index (χ3v) is 3.08. The Labute approximate surface area is 118 Å². The van der Waals surface area contributed by atoms with Gasteiger partial charge >= 0.3 is 6.03 Å². The fourth-order valence-corrected chi connectivity index (χ4v) is 1.99. The highest BCUT2D eigenvalue weighted by Gasteiger charge is 2.07. The number of methoxy groups -OCH3 is 1. The van der Waals surface area contributed by atoms with Crippen LogP contribution in [0, 0.1) is 0 Å². The van der Waals surface area contributed by atoms with E-state index in [4.69, 9.17) is 9.15 Å². The van der Waals surface area contributed by atoms with Crippen molar-refractivity contribution in [2.45, 2.75) is 19.8 Å². The van der Waals surface area contributed by atoms with Crippen LogP contribution in [0.1, 0.15) is 18.9 Å². The number of rotatable bonds is 6. The zero-order valence-electron chi connectivity index (χ0n) is 11.9. The Kier molecular flexibility index (Phi) is 4.87. The molecule has 5 heteroatoms. The van der Waals surface area contributed by atoms with E-state index in [2.05, 4.69) is 10.6 Å². The Balaban J connectivity index is 1.94. The van der Waals surface area contributed by atoms with Gasteiger partial charge in [0.25, 0.3) is 0 Å². The Morgan fingerprint density at radius 3 is 2.85 bits per heavy atom. The second-order valence-corrected chi connectivity index (χ2v) is 4.56. The van der Waals surface area contributed by atoms with Gasteiger partial charge in [0.05, 0.1) is 13.4 Å². The number of fused-ring (bicyclic) bond motifs is 1. The van der Waals surface area contributed by atoms with Crippen molar-refractivity contribution in [3.63, 3.8) is 0 Å². The van der Waals surface area contributed by atoms with E-state index in [9.17, 15) is 4.79 Å². The van der Waals surface area contributed by atoms with Crippen LogP contribution in [0.5, 0.6) is 5.75 Å². The second kappa shape index (κ2) is 6.84. The third kappa shape index (κ3) is 3.44. The van der Waals surface area contributed by atoms with Gasteiger partial charge in [-0.25, -0.2) is 4.79 Å². The molecule has 2 N–H and O–H groups in total. The van der Waals surface area contributed by atoms with Crippen molar-refractivity contribution < 1.29 is 13.9 Å². The highest BCUT2D eigenvalue weighted by Crippen LogP contribution is 2.25. The van der Waals surface area contributed by atoms with Crippen molar-refractivity contribution >= 4 is 17.0 Å². The van der Waals surface area contributed by atoms with Gasteiger partial charge in [-0.05, 0) is 31.0 Å². The molecule has 0 radical (unpaired) electrons. The minimum Gasteiger partial charge on any atom is -0.497 e. The number of hydrogen-bond acceptors (Lipinski definition) is 3. The first-order valence-electron chi connectivity index (χ1n) is 6.80. The number of urea groups is 1. The lowest BCUT2D eigenvalue weighted by molar-refractivity contribution is 0.241. The lowest BCUT2D eigenvalue weighted by atomic mass is 10.1. The number of hydrogen-bond donors (Lipinski definition) is 2. The van der Waals surface area contributed by atoms with Gasteiger partial charge in [-0.3, -0.25) is 0 Å².